The summed E-state index contributed by atoms with van der Waals surface area (Å²) in [5, 5.41) is 0. The van der Waals surface area contributed by atoms with Gasteiger partial charge in [-0.1, -0.05) is 6.07 Å². The number of pyridine rings is 1. The van der Waals surface area contributed by atoms with Crippen LogP contribution in [-0.4, -0.2) is 45.8 Å². The van der Waals surface area contributed by atoms with Gasteiger partial charge in [-0.15, -0.1) is 0 Å². The number of ether oxygens (including phenoxy) is 3. The largest absolute Gasteiger partial charge is 0.493 e. The van der Waals surface area contributed by atoms with Crippen molar-refractivity contribution in [1.29, 1.82) is 0 Å². The van der Waals surface area contributed by atoms with Crippen molar-refractivity contribution in [3.63, 3.8) is 0 Å². The van der Waals surface area contributed by atoms with Crippen molar-refractivity contribution in [3.05, 3.63) is 58.9 Å². The predicted octanol–water partition coefficient (Wildman–Crippen LogP) is 2.26. The van der Waals surface area contributed by atoms with E-state index in [1.54, 1.807) is 52.1 Å². The molecule has 0 saturated heterocycles. The molecular formula is C20H19N5O4. The van der Waals surface area contributed by atoms with Gasteiger partial charge < -0.3 is 14.2 Å². The minimum atomic E-state index is -0.286. The molecular weight excluding hydrogens is 374 g/mol. The summed E-state index contributed by atoms with van der Waals surface area (Å²) in [6.45, 7) is 0.333. The summed E-state index contributed by atoms with van der Waals surface area (Å²) in [7, 11) is 4.64. The number of hydrogen-bond acceptors (Lipinski definition) is 7. The second kappa shape index (κ2) is 7.63. The summed E-state index contributed by atoms with van der Waals surface area (Å²) in [4.78, 5) is 28.3. The van der Waals surface area contributed by atoms with Crippen LogP contribution in [0.1, 0.15) is 5.56 Å². The molecule has 4 rings (SSSR count). The molecule has 0 amide bonds. The SMILES string of the molecule is COc1cc(-c2cnc3[nH]c(=O)n(Cc4cccnc4)c3n2)cc(OC)c1OC. The van der Waals surface area contributed by atoms with Crippen LogP contribution in [-0.2, 0) is 6.54 Å². The van der Waals surface area contributed by atoms with Gasteiger partial charge in [0.1, 0.15) is 0 Å². The van der Waals surface area contributed by atoms with Gasteiger partial charge in [0.15, 0.2) is 22.8 Å². The highest BCUT2D eigenvalue weighted by Gasteiger charge is 2.17. The van der Waals surface area contributed by atoms with E-state index in [0.717, 1.165) is 11.1 Å². The third-order valence-electron chi connectivity index (χ3n) is 4.50. The number of nitrogens with one attached hydrogen (secondary N) is 1. The Morgan fingerprint density at radius 2 is 1.83 bits per heavy atom. The van der Waals surface area contributed by atoms with E-state index < -0.39 is 0 Å². The van der Waals surface area contributed by atoms with Crippen molar-refractivity contribution in [3.8, 4) is 28.5 Å². The normalized spacial score (nSPS) is 10.9. The zero-order chi connectivity index (χ0) is 20.4. The van der Waals surface area contributed by atoms with E-state index in [1.165, 1.54) is 4.57 Å². The minimum absolute atomic E-state index is 0.286. The number of aromatic amines is 1. The average molecular weight is 393 g/mol. The fourth-order valence-electron chi connectivity index (χ4n) is 3.11. The number of aromatic nitrogens is 5. The van der Waals surface area contributed by atoms with Crippen LogP contribution in [0.3, 0.4) is 0 Å². The maximum Gasteiger partial charge on any atom is 0.329 e. The van der Waals surface area contributed by atoms with Crippen LogP contribution in [0, 0.1) is 0 Å². The molecule has 3 heterocycles. The van der Waals surface area contributed by atoms with Crippen molar-refractivity contribution in [2.75, 3.05) is 21.3 Å². The Morgan fingerprint density at radius 3 is 2.45 bits per heavy atom. The van der Waals surface area contributed by atoms with Crippen LogP contribution in [0.25, 0.3) is 22.6 Å². The highest BCUT2D eigenvalue weighted by Crippen LogP contribution is 2.40. The predicted molar refractivity (Wildman–Crippen MR) is 107 cm³/mol. The number of hydrogen-bond donors (Lipinski definition) is 1. The second-order valence-electron chi connectivity index (χ2n) is 6.22. The second-order valence-corrected chi connectivity index (χ2v) is 6.22. The fourth-order valence-corrected chi connectivity index (χ4v) is 3.11. The molecule has 0 aliphatic carbocycles. The zero-order valence-electron chi connectivity index (χ0n) is 16.2. The van der Waals surface area contributed by atoms with Crippen molar-refractivity contribution in [1.82, 2.24) is 24.5 Å². The van der Waals surface area contributed by atoms with E-state index in [1.807, 2.05) is 12.1 Å². The Morgan fingerprint density at radius 1 is 1.07 bits per heavy atom. The summed E-state index contributed by atoms with van der Waals surface area (Å²) in [5.41, 5.74) is 2.74. The highest BCUT2D eigenvalue weighted by molar-refractivity contribution is 5.73. The van der Waals surface area contributed by atoms with Gasteiger partial charge in [-0.25, -0.2) is 14.8 Å². The van der Waals surface area contributed by atoms with Crippen LogP contribution in [0.15, 0.2) is 47.7 Å². The average Bonchev–Trinajstić information content (AvgIpc) is 3.07. The Hall–Kier alpha value is -3.88. The van der Waals surface area contributed by atoms with Crippen LogP contribution in [0.4, 0.5) is 0 Å². The fraction of sp³-hybridized carbons (Fsp3) is 0.200. The number of rotatable bonds is 6. The molecule has 0 unspecified atom stereocenters. The van der Waals surface area contributed by atoms with Crippen LogP contribution < -0.4 is 19.9 Å². The summed E-state index contributed by atoms with van der Waals surface area (Å²) in [6.07, 6.45) is 4.99. The Bertz CT molecular complexity index is 1190. The maximum atomic E-state index is 12.4. The molecule has 148 valence electrons. The van der Waals surface area contributed by atoms with E-state index in [4.69, 9.17) is 14.2 Å². The molecule has 0 bridgehead atoms. The molecule has 1 aromatic carbocycles. The molecule has 0 fully saturated rings. The first-order chi connectivity index (χ1) is 14.1. The van der Waals surface area contributed by atoms with Gasteiger partial charge in [0.05, 0.1) is 39.8 Å². The smallest absolute Gasteiger partial charge is 0.329 e. The standard InChI is InChI=1S/C20H19N5O4/c1-27-15-7-13(8-16(28-2)17(15)29-3)14-10-22-18-19(23-14)25(20(26)24-18)11-12-5-4-6-21-9-12/h4-10H,11H2,1-3H3,(H,22,24,26). The van der Waals surface area contributed by atoms with Gasteiger partial charge in [0.25, 0.3) is 0 Å². The lowest BCUT2D eigenvalue weighted by molar-refractivity contribution is 0.324. The van der Waals surface area contributed by atoms with Crippen molar-refractivity contribution < 1.29 is 14.2 Å². The van der Waals surface area contributed by atoms with Crippen LogP contribution >= 0.6 is 0 Å². The molecule has 0 aliphatic heterocycles. The van der Waals surface area contributed by atoms with Gasteiger partial charge in [-0.3, -0.25) is 14.5 Å². The van der Waals surface area contributed by atoms with Gasteiger partial charge in [0.2, 0.25) is 5.75 Å². The van der Waals surface area contributed by atoms with E-state index >= 15 is 0 Å². The molecule has 0 radical (unpaired) electrons. The number of imidazole rings is 1. The third kappa shape index (κ3) is 3.38. The van der Waals surface area contributed by atoms with E-state index in [2.05, 4.69) is 19.9 Å². The maximum absolute atomic E-state index is 12.4. The van der Waals surface area contributed by atoms with Gasteiger partial charge >= 0.3 is 5.69 Å². The molecule has 1 N–H and O–H groups in total. The summed E-state index contributed by atoms with van der Waals surface area (Å²) >= 11 is 0. The van der Waals surface area contributed by atoms with Gasteiger partial charge in [-0.2, -0.15) is 0 Å². The molecule has 4 aromatic rings. The van der Waals surface area contributed by atoms with E-state index in [-0.39, 0.29) is 5.69 Å². The van der Waals surface area contributed by atoms with E-state index in [9.17, 15) is 4.79 Å². The molecule has 0 saturated carbocycles. The zero-order valence-corrected chi connectivity index (χ0v) is 16.2. The highest BCUT2D eigenvalue weighted by atomic mass is 16.5. The molecule has 9 heteroatoms. The summed E-state index contributed by atoms with van der Waals surface area (Å²) in [6, 6.07) is 7.29. The lowest BCUT2D eigenvalue weighted by Crippen LogP contribution is -2.17. The number of nitrogens with zero attached hydrogens (tertiary/aromatic N) is 4. The molecule has 0 spiro atoms. The number of methoxy groups -OCH3 is 3. The monoisotopic (exact) mass is 393 g/mol. The molecule has 3 aromatic heterocycles. The Balaban J connectivity index is 1.84. The first-order valence-corrected chi connectivity index (χ1v) is 8.79. The quantitative estimate of drug-likeness (QED) is 0.536. The van der Waals surface area contributed by atoms with E-state index in [0.29, 0.717) is 40.8 Å². The topological polar surface area (TPSA) is 104 Å². The van der Waals surface area contributed by atoms with Crippen LogP contribution in [0.2, 0.25) is 0 Å². The number of benzene rings is 1. The van der Waals surface area contributed by atoms with Crippen molar-refractivity contribution in [2.24, 2.45) is 0 Å². The summed E-state index contributed by atoms with van der Waals surface area (Å²) in [5.74, 6) is 1.50. The third-order valence-corrected chi connectivity index (χ3v) is 4.50. The molecule has 0 aliphatic rings. The minimum Gasteiger partial charge on any atom is -0.493 e. The van der Waals surface area contributed by atoms with Crippen molar-refractivity contribution in [2.45, 2.75) is 6.54 Å². The van der Waals surface area contributed by atoms with Crippen LogP contribution in [0.5, 0.6) is 17.2 Å². The molecule has 0 atom stereocenters. The molecule has 29 heavy (non-hydrogen) atoms. The Kier molecular flexibility index (Phi) is 4.86. The first-order valence-electron chi connectivity index (χ1n) is 8.79. The summed E-state index contributed by atoms with van der Waals surface area (Å²) < 4.78 is 17.7. The number of H-pyrrole nitrogens is 1. The van der Waals surface area contributed by atoms with Gasteiger partial charge in [-0.05, 0) is 23.8 Å². The lowest BCUT2D eigenvalue weighted by Gasteiger charge is -2.14. The number of fused-ring (bicyclic) bond motifs is 1. The Labute approximate surface area is 165 Å². The first kappa shape index (κ1) is 18.5. The van der Waals surface area contributed by atoms with Crippen molar-refractivity contribution >= 4 is 11.3 Å². The lowest BCUT2D eigenvalue weighted by atomic mass is 10.1. The molecule has 9 nitrogen and oxygen atoms in total. The van der Waals surface area contributed by atoms with Gasteiger partial charge in [0, 0.05) is 18.0 Å².